The zero-order valence-electron chi connectivity index (χ0n) is 20.7. The van der Waals surface area contributed by atoms with Crippen LogP contribution in [0.1, 0.15) is 50.5 Å². The highest BCUT2D eigenvalue weighted by molar-refractivity contribution is 5.89. The molecule has 2 fully saturated rings. The van der Waals surface area contributed by atoms with Crippen LogP contribution < -0.4 is 20.3 Å². The molecule has 2 aromatic rings. The summed E-state index contributed by atoms with van der Waals surface area (Å²) in [5.74, 6) is 0.269. The average molecular weight is 544 g/mol. The van der Waals surface area contributed by atoms with Crippen LogP contribution in [-0.2, 0) is 6.18 Å². The summed E-state index contributed by atoms with van der Waals surface area (Å²) in [6.45, 7) is 1.55. The van der Waals surface area contributed by atoms with Gasteiger partial charge in [-0.25, -0.2) is 4.79 Å². The molecule has 4 rings (SSSR count). The summed E-state index contributed by atoms with van der Waals surface area (Å²) in [6.07, 6.45) is -2.38. The van der Waals surface area contributed by atoms with E-state index in [1.807, 2.05) is 0 Å². The molecule has 1 heterocycles. The van der Waals surface area contributed by atoms with Crippen LogP contribution in [-0.4, -0.2) is 31.5 Å². The monoisotopic (exact) mass is 543 g/mol. The SMILES string of the molecule is O=C(Nc1ccc(OC(F)(F)F)cc1)N[C@@H]1CCCC[C@H]1C[C@H]1CCCN(c2ccc(C(F)(F)F)cc2)C1. The van der Waals surface area contributed by atoms with Crippen LogP contribution in [0.5, 0.6) is 5.75 Å². The standard InChI is InChI=1S/C27H31F6N3O2/c28-26(29,30)20-7-11-22(12-8-20)36-15-3-4-18(17-36)16-19-5-1-2-6-24(19)35-25(37)34-21-9-13-23(14-10-21)38-27(31,32)33/h7-14,18-19,24H,1-6,15-17H2,(H2,34,35,37)/t18-,19+,24-/m1/s1. The molecular weight excluding hydrogens is 512 g/mol. The van der Waals surface area contributed by atoms with E-state index in [1.165, 1.54) is 24.3 Å². The Hall–Kier alpha value is -3.11. The minimum Gasteiger partial charge on any atom is -0.406 e. The lowest BCUT2D eigenvalue weighted by atomic mass is 9.77. The molecule has 2 amide bonds. The molecule has 38 heavy (non-hydrogen) atoms. The second kappa shape index (κ2) is 11.7. The van der Waals surface area contributed by atoms with Gasteiger partial charge in [-0.15, -0.1) is 13.2 Å². The largest absolute Gasteiger partial charge is 0.573 e. The number of nitrogens with zero attached hydrogens (tertiary/aromatic N) is 1. The molecule has 5 nitrogen and oxygen atoms in total. The molecule has 3 atom stereocenters. The number of ether oxygens (including phenoxy) is 1. The van der Waals surface area contributed by atoms with Crippen LogP contribution in [0.2, 0.25) is 0 Å². The van der Waals surface area contributed by atoms with E-state index in [4.69, 9.17) is 0 Å². The van der Waals surface area contributed by atoms with Gasteiger partial charge in [0, 0.05) is 30.5 Å². The number of hydrogen-bond acceptors (Lipinski definition) is 3. The van der Waals surface area contributed by atoms with E-state index >= 15 is 0 Å². The van der Waals surface area contributed by atoms with Gasteiger partial charge in [-0.3, -0.25) is 0 Å². The molecule has 11 heteroatoms. The minimum atomic E-state index is -4.78. The number of carbonyl (C=O) groups excluding carboxylic acids is 1. The lowest BCUT2D eigenvalue weighted by molar-refractivity contribution is -0.274. The highest BCUT2D eigenvalue weighted by Gasteiger charge is 2.33. The minimum absolute atomic E-state index is 0.0296. The first-order valence-corrected chi connectivity index (χ1v) is 12.8. The van der Waals surface area contributed by atoms with Crippen LogP contribution in [0.4, 0.5) is 42.5 Å². The molecule has 2 aliphatic rings. The summed E-state index contributed by atoms with van der Waals surface area (Å²) in [7, 11) is 0. The molecule has 208 valence electrons. The average Bonchev–Trinajstić information content (AvgIpc) is 2.85. The predicted octanol–water partition coefficient (Wildman–Crippen LogP) is 7.59. The number of amides is 2. The second-order valence-electron chi connectivity index (χ2n) is 10.1. The van der Waals surface area contributed by atoms with Crippen molar-refractivity contribution < 1.29 is 35.9 Å². The summed E-state index contributed by atoms with van der Waals surface area (Å²) in [5.41, 5.74) is 0.477. The van der Waals surface area contributed by atoms with Gasteiger partial charge in [0.2, 0.25) is 0 Å². The third-order valence-corrected chi connectivity index (χ3v) is 7.29. The van der Waals surface area contributed by atoms with Crippen LogP contribution in [0.15, 0.2) is 48.5 Å². The molecular formula is C27H31F6N3O2. The molecule has 1 aliphatic heterocycles. The molecule has 0 aromatic heterocycles. The van der Waals surface area contributed by atoms with Crippen molar-refractivity contribution >= 4 is 17.4 Å². The van der Waals surface area contributed by atoms with Gasteiger partial charge in [0.05, 0.1) is 5.56 Å². The topological polar surface area (TPSA) is 53.6 Å². The summed E-state index contributed by atoms with van der Waals surface area (Å²) in [4.78, 5) is 14.8. The Bertz CT molecular complexity index is 1060. The molecule has 2 aromatic carbocycles. The van der Waals surface area contributed by atoms with Crippen molar-refractivity contribution in [2.75, 3.05) is 23.3 Å². The quantitative estimate of drug-likeness (QED) is 0.369. The number of nitrogens with one attached hydrogen (secondary N) is 2. The molecule has 0 bridgehead atoms. The van der Waals surface area contributed by atoms with Crippen molar-refractivity contribution in [3.8, 4) is 5.75 Å². The first kappa shape index (κ1) is 27.9. The number of carbonyl (C=O) groups is 1. The molecule has 1 saturated heterocycles. The van der Waals surface area contributed by atoms with E-state index < -0.39 is 24.1 Å². The second-order valence-corrected chi connectivity index (χ2v) is 10.1. The third kappa shape index (κ3) is 7.94. The Balaban J connectivity index is 1.31. The molecule has 1 aliphatic carbocycles. The lowest BCUT2D eigenvalue weighted by Gasteiger charge is -2.39. The van der Waals surface area contributed by atoms with Gasteiger partial charge in [0.1, 0.15) is 5.75 Å². The summed E-state index contributed by atoms with van der Waals surface area (Å²) in [5, 5.41) is 5.71. The molecule has 1 saturated carbocycles. The van der Waals surface area contributed by atoms with E-state index in [2.05, 4.69) is 20.3 Å². The van der Waals surface area contributed by atoms with Crippen molar-refractivity contribution in [1.82, 2.24) is 5.32 Å². The molecule has 0 spiro atoms. The number of anilines is 2. The van der Waals surface area contributed by atoms with E-state index in [0.717, 1.165) is 88.0 Å². The van der Waals surface area contributed by atoms with Crippen molar-refractivity contribution in [2.24, 2.45) is 11.8 Å². The fraction of sp³-hybridized carbons (Fsp3) is 0.519. The predicted molar refractivity (Wildman–Crippen MR) is 132 cm³/mol. The Morgan fingerprint density at radius 2 is 1.58 bits per heavy atom. The first-order chi connectivity index (χ1) is 18.0. The van der Waals surface area contributed by atoms with Gasteiger partial charge in [-0.1, -0.05) is 12.8 Å². The number of piperidine rings is 1. The highest BCUT2D eigenvalue weighted by Crippen LogP contribution is 2.35. The van der Waals surface area contributed by atoms with Gasteiger partial charge in [0.15, 0.2) is 0 Å². The lowest BCUT2D eigenvalue weighted by Crippen LogP contribution is -2.45. The van der Waals surface area contributed by atoms with Gasteiger partial charge >= 0.3 is 18.6 Å². The maximum atomic E-state index is 12.9. The van der Waals surface area contributed by atoms with E-state index in [9.17, 15) is 31.1 Å². The molecule has 0 radical (unpaired) electrons. The van der Waals surface area contributed by atoms with Gasteiger partial charge in [-0.2, -0.15) is 13.2 Å². The van der Waals surface area contributed by atoms with Crippen LogP contribution in [0, 0.1) is 11.8 Å². The Kier molecular flexibility index (Phi) is 8.62. The van der Waals surface area contributed by atoms with Crippen LogP contribution in [0.25, 0.3) is 0 Å². The van der Waals surface area contributed by atoms with E-state index in [0.29, 0.717) is 11.6 Å². The normalized spacial score (nSPS) is 22.6. The number of urea groups is 1. The van der Waals surface area contributed by atoms with E-state index in [-0.39, 0.29) is 17.7 Å². The molecule has 0 unspecified atom stereocenters. The van der Waals surface area contributed by atoms with Gasteiger partial charge in [-0.05, 0) is 92.5 Å². The zero-order chi connectivity index (χ0) is 27.3. The summed E-state index contributed by atoms with van der Waals surface area (Å²) in [6, 6.07) is 9.82. The van der Waals surface area contributed by atoms with Crippen molar-refractivity contribution in [3.05, 3.63) is 54.1 Å². The van der Waals surface area contributed by atoms with Gasteiger partial charge in [0.25, 0.3) is 0 Å². The first-order valence-electron chi connectivity index (χ1n) is 12.8. The third-order valence-electron chi connectivity index (χ3n) is 7.29. The Morgan fingerprint density at radius 1 is 0.895 bits per heavy atom. The maximum absolute atomic E-state index is 12.9. The number of alkyl halides is 6. The molecule has 2 N–H and O–H groups in total. The fourth-order valence-electron chi connectivity index (χ4n) is 5.54. The fourth-order valence-corrected chi connectivity index (χ4v) is 5.54. The zero-order valence-corrected chi connectivity index (χ0v) is 20.7. The van der Waals surface area contributed by atoms with Crippen LogP contribution >= 0.6 is 0 Å². The van der Waals surface area contributed by atoms with E-state index in [1.54, 1.807) is 0 Å². The number of hydrogen-bond donors (Lipinski definition) is 2. The summed E-state index contributed by atoms with van der Waals surface area (Å²) < 4.78 is 79.6. The number of benzene rings is 2. The Morgan fingerprint density at radius 3 is 2.24 bits per heavy atom. The van der Waals surface area contributed by atoms with Crippen molar-refractivity contribution in [1.29, 1.82) is 0 Å². The number of halogens is 6. The smallest absolute Gasteiger partial charge is 0.406 e. The Labute approximate surface area is 217 Å². The number of rotatable bonds is 6. The van der Waals surface area contributed by atoms with Crippen molar-refractivity contribution in [2.45, 2.75) is 63.5 Å². The van der Waals surface area contributed by atoms with Crippen molar-refractivity contribution in [3.63, 3.8) is 0 Å². The van der Waals surface area contributed by atoms with Crippen LogP contribution in [0.3, 0.4) is 0 Å². The summed E-state index contributed by atoms with van der Waals surface area (Å²) >= 11 is 0. The maximum Gasteiger partial charge on any atom is 0.573 e. The highest BCUT2D eigenvalue weighted by atomic mass is 19.4. The van der Waals surface area contributed by atoms with Gasteiger partial charge < -0.3 is 20.3 Å².